The number of nitrogens with one attached hydrogen (secondary N) is 1. The average molecular weight is 366 g/mol. The number of nitro groups is 1. The number of sulfonamides is 1. The van der Waals surface area contributed by atoms with Crippen LogP contribution in [0.2, 0.25) is 0 Å². The number of nitrogens with zero attached hydrogens (tertiary/aromatic N) is 2. The van der Waals surface area contributed by atoms with E-state index in [0.29, 0.717) is 0 Å². The van der Waals surface area contributed by atoms with E-state index in [1.807, 2.05) is 13.8 Å². The zero-order valence-corrected chi connectivity index (χ0v) is 14.7. The molecule has 2 unspecified atom stereocenters. The Balaban J connectivity index is 0.00000264. The first-order valence-electron chi connectivity index (χ1n) is 6.84. The van der Waals surface area contributed by atoms with Crippen molar-refractivity contribution in [3.05, 3.63) is 28.3 Å². The summed E-state index contributed by atoms with van der Waals surface area (Å²) in [5.74, 6) is 0.243. The lowest BCUT2D eigenvalue weighted by molar-refractivity contribution is -0.387. The molecule has 0 bridgehead atoms. The highest BCUT2D eigenvalue weighted by molar-refractivity contribution is 7.89. The monoisotopic (exact) mass is 365 g/mol. The Hall–Kier alpha value is -1.42. The van der Waals surface area contributed by atoms with Crippen LogP contribution >= 0.6 is 12.4 Å². The van der Waals surface area contributed by atoms with E-state index >= 15 is 0 Å². The number of nitro benzene ring substituents is 1. The molecule has 1 aromatic carbocycles. The number of hydrogen-bond acceptors (Lipinski definition) is 6. The van der Waals surface area contributed by atoms with Crippen molar-refractivity contribution < 1.29 is 18.1 Å². The maximum absolute atomic E-state index is 12.8. The van der Waals surface area contributed by atoms with Gasteiger partial charge in [0.15, 0.2) is 4.90 Å². The van der Waals surface area contributed by atoms with Gasteiger partial charge in [0.05, 0.1) is 18.1 Å². The van der Waals surface area contributed by atoms with Crippen LogP contribution in [0.15, 0.2) is 23.1 Å². The molecule has 8 nitrogen and oxygen atoms in total. The average Bonchev–Trinajstić information content (AvgIpc) is 2.45. The van der Waals surface area contributed by atoms with Crippen molar-refractivity contribution in [3.63, 3.8) is 0 Å². The first kappa shape index (κ1) is 19.6. The van der Waals surface area contributed by atoms with E-state index < -0.39 is 20.6 Å². The van der Waals surface area contributed by atoms with Gasteiger partial charge in [-0.15, -0.1) is 12.4 Å². The summed E-state index contributed by atoms with van der Waals surface area (Å²) < 4.78 is 31.7. The zero-order valence-electron chi connectivity index (χ0n) is 13.1. The van der Waals surface area contributed by atoms with Crippen molar-refractivity contribution in [2.45, 2.75) is 30.8 Å². The fraction of sp³-hybridized carbons (Fsp3) is 0.538. The van der Waals surface area contributed by atoms with Crippen LogP contribution in [0.3, 0.4) is 0 Å². The third-order valence-electron chi connectivity index (χ3n) is 3.50. The molecule has 2 atom stereocenters. The summed E-state index contributed by atoms with van der Waals surface area (Å²) in [7, 11) is -2.56. The van der Waals surface area contributed by atoms with Crippen molar-refractivity contribution in [1.82, 2.24) is 9.62 Å². The van der Waals surface area contributed by atoms with Gasteiger partial charge < -0.3 is 10.1 Å². The first-order valence-corrected chi connectivity index (χ1v) is 8.28. The minimum atomic E-state index is -3.93. The molecule has 10 heteroatoms. The van der Waals surface area contributed by atoms with Crippen molar-refractivity contribution in [3.8, 4) is 5.75 Å². The molecule has 1 aromatic rings. The van der Waals surface area contributed by atoms with Gasteiger partial charge in [0, 0.05) is 25.2 Å². The summed E-state index contributed by atoms with van der Waals surface area (Å²) in [6, 6.07) is 3.73. The van der Waals surface area contributed by atoms with Crippen LogP contribution in [0, 0.1) is 10.1 Å². The highest BCUT2D eigenvalue weighted by Gasteiger charge is 2.35. The molecule has 1 saturated heterocycles. The maximum atomic E-state index is 12.8. The van der Waals surface area contributed by atoms with Crippen LogP contribution in [0.4, 0.5) is 5.69 Å². The van der Waals surface area contributed by atoms with Gasteiger partial charge in [0.25, 0.3) is 5.69 Å². The molecule has 0 radical (unpaired) electrons. The molecular formula is C13H20ClN3O5S. The summed E-state index contributed by atoms with van der Waals surface area (Å²) in [6.45, 7) is 4.30. The smallest absolute Gasteiger partial charge is 0.293 e. The second kappa shape index (κ2) is 7.43. The van der Waals surface area contributed by atoms with Gasteiger partial charge in [-0.1, -0.05) is 0 Å². The Morgan fingerprint density at radius 1 is 1.30 bits per heavy atom. The first-order chi connectivity index (χ1) is 10.3. The Morgan fingerprint density at radius 3 is 2.35 bits per heavy atom. The lowest BCUT2D eigenvalue weighted by Crippen LogP contribution is -2.55. The van der Waals surface area contributed by atoms with Crippen molar-refractivity contribution in [2.24, 2.45) is 0 Å². The van der Waals surface area contributed by atoms with Gasteiger partial charge in [0.1, 0.15) is 5.75 Å². The molecule has 0 saturated carbocycles. The molecule has 0 spiro atoms. The second-order valence-corrected chi connectivity index (χ2v) is 7.29. The Labute approximate surface area is 141 Å². The molecule has 1 heterocycles. The number of hydrogen-bond donors (Lipinski definition) is 1. The number of piperazine rings is 1. The van der Waals surface area contributed by atoms with Crippen LogP contribution in [0.25, 0.3) is 0 Å². The predicted molar refractivity (Wildman–Crippen MR) is 87.7 cm³/mol. The summed E-state index contributed by atoms with van der Waals surface area (Å²) in [5.41, 5.74) is -0.474. The molecule has 130 valence electrons. The molecule has 1 aliphatic heterocycles. The molecule has 0 amide bonds. The highest BCUT2D eigenvalue weighted by Crippen LogP contribution is 2.31. The summed E-state index contributed by atoms with van der Waals surface area (Å²) in [6.07, 6.45) is 0. The van der Waals surface area contributed by atoms with E-state index in [2.05, 4.69) is 5.32 Å². The lowest BCUT2D eigenvalue weighted by Gasteiger charge is -2.35. The standard InChI is InChI=1S/C13H19N3O5S.ClH/c1-9-7-15(8-10(2)14-9)22(19,20)13-5-4-11(21-3)6-12(13)16(17)18;/h4-6,9-10,14H,7-8H2,1-3H3;1H. The van der Waals surface area contributed by atoms with E-state index in [9.17, 15) is 18.5 Å². The van der Waals surface area contributed by atoms with Crippen molar-refractivity contribution in [1.29, 1.82) is 0 Å². The SMILES string of the molecule is COc1ccc(S(=O)(=O)N2CC(C)NC(C)C2)c([N+](=O)[O-])c1.Cl. The lowest BCUT2D eigenvalue weighted by atomic mass is 10.2. The Morgan fingerprint density at radius 2 is 1.87 bits per heavy atom. The second-order valence-electron chi connectivity index (χ2n) is 5.38. The van der Waals surface area contributed by atoms with E-state index in [0.717, 1.165) is 6.07 Å². The fourth-order valence-corrected chi connectivity index (χ4v) is 4.35. The molecule has 1 aliphatic rings. The molecule has 1 N–H and O–H groups in total. The summed E-state index contributed by atoms with van der Waals surface area (Å²) >= 11 is 0. The van der Waals surface area contributed by atoms with Crippen LogP contribution in [0.1, 0.15) is 13.8 Å². The number of methoxy groups -OCH3 is 1. The van der Waals surface area contributed by atoms with Gasteiger partial charge in [-0.3, -0.25) is 10.1 Å². The molecule has 2 rings (SSSR count). The maximum Gasteiger partial charge on any atom is 0.293 e. The minimum absolute atomic E-state index is 0. The van der Waals surface area contributed by atoms with Crippen LogP contribution < -0.4 is 10.1 Å². The number of rotatable bonds is 4. The molecule has 0 aromatic heterocycles. The van der Waals surface area contributed by atoms with E-state index in [-0.39, 0.29) is 48.2 Å². The number of halogens is 1. The van der Waals surface area contributed by atoms with Gasteiger partial charge in [-0.05, 0) is 26.0 Å². The van der Waals surface area contributed by atoms with Crippen molar-refractivity contribution in [2.75, 3.05) is 20.2 Å². The third-order valence-corrected chi connectivity index (χ3v) is 5.38. The normalized spacial score (nSPS) is 22.2. The quantitative estimate of drug-likeness (QED) is 0.639. The molecule has 0 aliphatic carbocycles. The topological polar surface area (TPSA) is 102 Å². The third kappa shape index (κ3) is 4.11. The van der Waals surface area contributed by atoms with Crippen LogP contribution in [0.5, 0.6) is 5.75 Å². The molecule has 1 fully saturated rings. The highest BCUT2D eigenvalue weighted by atomic mass is 35.5. The van der Waals surface area contributed by atoms with Crippen molar-refractivity contribution >= 4 is 28.1 Å². The molecule has 23 heavy (non-hydrogen) atoms. The van der Waals surface area contributed by atoms with Crippen LogP contribution in [-0.2, 0) is 10.0 Å². The van der Waals surface area contributed by atoms with E-state index in [1.165, 1.54) is 23.5 Å². The Kier molecular flexibility index (Phi) is 6.34. The largest absolute Gasteiger partial charge is 0.497 e. The summed E-state index contributed by atoms with van der Waals surface area (Å²) in [5, 5.41) is 14.4. The number of benzene rings is 1. The number of ether oxygens (including phenoxy) is 1. The van der Waals surface area contributed by atoms with Gasteiger partial charge >= 0.3 is 0 Å². The summed E-state index contributed by atoms with van der Waals surface area (Å²) in [4.78, 5) is 10.2. The van der Waals surface area contributed by atoms with E-state index in [1.54, 1.807) is 0 Å². The van der Waals surface area contributed by atoms with E-state index in [4.69, 9.17) is 4.74 Å². The minimum Gasteiger partial charge on any atom is -0.497 e. The predicted octanol–water partition coefficient (Wildman–Crippen LogP) is 1.40. The van der Waals surface area contributed by atoms with Gasteiger partial charge in [-0.25, -0.2) is 8.42 Å². The Bertz CT molecular complexity index is 672. The van der Waals surface area contributed by atoms with Gasteiger partial charge in [0.2, 0.25) is 10.0 Å². The van der Waals surface area contributed by atoms with Gasteiger partial charge in [-0.2, -0.15) is 4.31 Å². The zero-order chi connectivity index (χ0) is 16.5. The fourth-order valence-electron chi connectivity index (χ4n) is 2.60. The molecular weight excluding hydrogens is 346 g/mol. The van der Waals surface area contributed by atoms with Crippen LogP contribution in [-0.4, -0.2) is 49.9 Å².